The second kappa shape index (κ2) is 5.54. The zero-order valence-corrected chi connectivity index (χ0v) is 11.4. The lowest BCUT2D eigenvalue weighted by Crippen LogP contribution is -1.97. The molecule has 0 bridgehead atoms. The molecule has 0 amide bonds. The molecule has 0 aliphatic rings. The molecule has 2 aromatic heterocycles. The number of benzene rings is 1. The first-order valence-electron chi connectivity index (χ1n) is 6.57. The number of aromatic carboxylic acids is 1. The zero-order valence-electron chi connectivity index (χ0n) is 11.4. The molecule has 5 heteroatoms. The molecule has 0 spiro atoms. The Morgan fingerprint density at radius 3 is 2.59 bits per heavy atom. The third-order valence-electron chi connectivity index (χ3n) is 3.36. The fourth-order valence-electron chi connectivity index (χ4n) is 2.32. The summed E-state index contributed by atoms with van der Waals surface area (Å²) in [5.41, 5.74) is 3.06. The first-order chi connectivity index (χ1) is 10.7. The van der Waals surface area contributed by atoms with E-state index in [1.54, 1.807) is 54.9 Å². The molecule has 0 fully saturated rings. The molecular formula is C17H11N3O2. The van der Waals surface area contributed by atoms with E-state index in [2.05, 4.69) is 16.0 Å². The molecule has 5 nitrogen and oxygen atoms in total. The quantitative estimate of drug-likeness (QED) is 0.774. The number of aromatic amines is 1. The first kappa shape index (κ1) is 13.6. The van der Waals surface area contributed by atoms with Gasteiger partial charge in [0.1, 0.15) is 0 Å². The summed E-state index contributed by atoms with van der Waals surface area (Å²) in [7, 11) is 0. The molecular weight excluding hydrogens is 278 g/mol. The van der Waals surface area contributed by atoms with E-state index in [0.717, 1.165) is 5.56 Å². The van der Waals surface area contributed by atoms with Gasteiger partial charge in [-0.3, -0.25) is 4.98 Å². The van der Waals surface area contributed by atoms with Crippen LogP contribution in [-0.2, 0) is 0 Å². The van der Waals surface area contributed by atoms with Crippen molar-refractivity contribution in [2.75, 3.05) is 0 Å². The Morgan fingerprint density at radius 1 is 1.18 bits per heavy atom. The van der Waals surface area contributed by atoms with Gasteiger partial charge < -0.3 is 10.1 Å². The van der Waals surface area contributed by atoms with Gasteiger partial charge in [-0.05, 0) is 24.3 Å². The van der Waals surface area contributed by atoms with Crippen molar-refractivity contribution in [1.29, 1.82) is 5.26 Å². The first-order valence-corrected chi connectivity index (χ1v) is 6.57. The summed E-state index contributed by atoms with van der Waals surface area (Å²) >= 11 is 0. The minimum atomic E-state index is -1.04. The molecule has 0 aliphatic heterocycles. The van der Waals surface area contributed by atoms with E-state index in [1.165, 1.54) is 0 Å². The molecule has 0 saturated carbocycles. The highest BCUT2D eigenvalue weighted by Gasteiger charge is 2.18. The number of hydrogen-bond donors (Lipinski definition) is 2. The summed E-state index contributed by atoms with van der Waals surface area (Å²) in [6.07, 6.45) is 3.28. The predicted molar refractivity (Wildman–Crippen MR) is 81.1 cm³/mol. The van der Waals surface area contributed by atoms with Gasteiger partial charge in [0.15, 0.2) is 0 Å². The Hall–Kier alpha value is -3.39. The average molecular weight is 289 g/mol. The van der Waals surface area contributed by atoms with Gasteiger partial charge in [-0.2, -0.15) is 5.26 Å². The highest BCUT2D eigenvalue weighted by Crippen LogP contribution is 2.30. The molecule has 2 N–H and O–H groups in total. The molecule has 0 radical (unpaired) electrons. The summed E-state index contributed by atoms with van der Waals surface area (Å²) < 4.78 is 0. The maximum Gasteiger partial charge on any atom is 0.337 e. The molecule has 106 valence electrons. The van der Waals surface area contributed by atoms with Crippen molar-refractivity contribution in [3.63, 3.8) is 0 Å². The van der Waals surface area contributed by atoms with Crippen molar-refractivity contribution in [2.45, 2.75) is 0 Å². The number of aromatic nitrogens is 2. The summed E-state index contributed by atoms with van der Waals surface area (Å²) in [5.74, 6) is -1.04. The van der Waals surface area contributed by atoms with E-state index < -0.39 is 5.97 Å². The molecule has 22 heavy (non-hydrogen) atoms. The number of rotatable bonds is 3. The van der Waals surface area contributed by atoms with Crippen LogP contribution in [0, 0.1) is 11.3 Å². The number of nitrogens with zero attached hydrogens (tertiary/aromatic N) is 2. The fraction of sp³-hybridized carbons (Fsp3) is 0. The summed E-state index contributed by atoms with van der Waals surface area (Å²) in [6.45, 7) is 0. The number of pyridine rings is 1. The van der Waals surface area contributed by atoms with Gasteiger partial charge in [-0.15, -0.1) is 0 Å². The number of hydrogen-bond acceptors (Lipinski definition) is 3. The molecule has 2 heterocycles. The lowest BCUT2D eigenvalue weighted by molar-refractivity contribution is 0.0698. The number of nitriles is 1. The number of carboxylic acid groups (broad SMARTS) is 1. The van der Waals surface area contributed by atoms with E-state index in [1.807, 2.05) is 0 Å². The number of H-pyrrole nitrogens is 1. The Morgan fingerprint density at radius 2 is 1.91 bits per heavy atom. The van der Waals surface area contributed by atoms with Crippen LogP contribution >= 0.6 is 0 Å². The summed E-state index contributed by atoms with van der Waals surface area (Å²) in [5, 5.41) is 18.6. The molecule has 0 aliphatic carbocycles. The SMILES string of the molecule is N#Cc1ccccc1-c1[nH]c(-c2ccncc2)cc1C(=O)O. The van der Waals surface area contributed by atoms with Crippen LogP contribution in [0.5, 0.6) is 0 Å². The third-order valence-corrected chi connectivity index (χ3v) is 3.36. The molecule has 3 rings (SSSR count). The maximum atomic E-state index is 11.5. The number of carbonyl (C=O) groups is 1. The number of nitrogens with one attached hydrogen (secondary N) is 1. The van der Waals surface area contributed by atoms with Gasteiger partial charge in [0.2, 0.25) is 0 Å². The fourth-order valence-corrected chi connectivity index (χ4v) is 2.32. The Balaban J connectivity index is 2.22. The molecule has 0 saturated heterocycles. The van der Waals surface area contributed by atoms with Crippen LogP contribution in [-0.4, -0.2) is 21.0 Å². The minimum Gasteiger partial charge on any atom is -0.478 e. The van der Waals surface area contributed by atoms with Gasteiger partial charge in [0.05, 0.1) is 22.9 Å². The van der Waals surface area contributed by atoms with Gasteiger partial charge in [0.25, 0.3) is 0 Å². The van der Waals surface area contributed by atoms with E-state index in [0.29, 0.717) is 22.5 Å². The monoisotopic (exact) mass is 289 g/mol. The van der Waals surface area contributed by atoms with Crippen molar-refractivity contribution < 1.29 is 9.90 Å². The maximum absolute atomic E-state index is 11.5. The third kappa shape index (κ3) is 2.34. The average Bonchev–Trinajstić information content (AvgIpc) is 3.01. The largest absolute Gasteiger partial charge is 0.478 e. The predicted octanol–water partition coefficient (Wildman–Crippen LogP) is 3.31. The lowest BCUT2D eigenvalue weighted by Gasteiger charge is -2.03. The van der Waals surface area contributed by atoms with Crippen molar-refractivity contribution in [3.05, 3.63) is 66.0 Å². The Labute approximate surface area is 126 Å². The van der Waals surface area contributed by atoms with Crippen molar-refractivity contribution >= 4 is 5.97 Å². The van der Waals surface area contributed by atoms with Crippen LogP contribution in [0.3, 0.4) is 0 Å². The lowest BCUT2D eigenvalue weighted by atomic mass is 10.0. The topological polar surface area (TPSA) is 89.8 Å². The Kier molecular flexibility index (Phi) is 3.42. The van der Waals surface area contributed by atoms with Crippen molar-refractivity contribution in [2.24, 2.45) is 0 Å². The van der Waals surface area contributed by atoms with Crippen molar-refractivity contribution in [3.8, 4) is 28.6 Å². The summed E-state index contributed by atoms with van der Waals surface area (Å²) in [6, 6.07) is 14.1. The van der Waals surface area contributed by atoms with Gasteiger partial charge in [-0.1, -0.05) is 18.2 Å². The van der Waals surface area contributed by atoms with Crippen LogP contribution in [0.2, 0.25) is 0 Å². The van der Waals surface area contributed by atoms with Gasteiger partial charge >= 0.3 is 5.97 Å². The highest BCUT2D eigenvalue weighted by atomic mass is 16.4. The molecule has 0 atom stereocenters. The molecule has 0 unspecified atom stereocenters. The zero-order chi connectivity index (χ0) is 15.5. The van der Waals surface area contributed by atoms with E-state index in [4.69, 9.17) is 0 Å². The van der Waals surface area contributed by atoms with E-state index in [-0.39, 0.29) is 5.56 Å². The van der Waals surface area contributed by atoms with Crippen LogP contribution in [0.25, 0.3) is 22.5 Å². The Bertz CT molecular complexity index is 876. The van der Waals surface area contributed by atoms with Gasteiger partial charge in [0, 0.05) is 29.2 Å². The van der Waals surface area contributed by atoms with Crippen molar-refractivity contribution in [1.82, 2.24) is 9.97 Å². The van der Waals surface area contributed by atoms with Crippen LogP contribution in [0.15, 0.2) is 54.9 Å². The van der Waals surface area contributed by atoms with E-state index in [9.17, 15) is 15.2 Å². The minimum absolute atomic E-state index is 0.134. The second-order valence-electron chi connectivity index (χ2n) is 4.67. The highest BCUT2D eigenvalue weighted by molar-refractivity contribution is 5.97. The van der Waals surface area contributed by atoms with E-state index >= 15 is 0 Å². The second-order valence-corrected chi connectivity index (χ2v) is 4.67. The van der Waals surface area contributed by atoms with Gasteiger partial charge in [-0.25, -0.2) is 4.79 Å². The number of carboxylic acids is 1. The van der Waals surface area contributed by atoms with Crippen LogP contribution < -0.4 is 0 Å². The molecule has 1 aromatic carbocycles. The molecule has 3 aromatic rings. The normalized spacial score (nSPS) is 10.1. The van der Waals surface area contributed by atoms with Crippen LogP contribution in [0.4, 0.5) is 0 Å². The van der Waals surface area contributed by atoms with Crippen LogP contribution in [0.1, 0.15) is 15.9 Å². The smallest absolute Gasteiger partial charge is 0.337 e. The standard InChI is InChI=1S/C17H11N3O2/c18-10-12-3-1-2-4-13(12)16-14(17(21)22)9-15(20-16)11-5-7-19-8-6-11/h1-9,20H,(H,21,22). The summed E-state index contributed by atoms with van der Waals surface area (Å²) in [4.78, 5) is 18.6.